The number of hydrogen-bond donors (Lipinski definition) is 0. The molecule has 0 unspecified atom stereocenters. The summed E-state index contributed by atoms with van der Waals surface area (Å²) in [5.41, 5.74) is 6.45. The van der Waals surface area contributed by atoms with Crippen molar-refractivity contribution in [3.8, 4) is 11.3 Å². The Labute approximate surface area is 137 Å². The lowest BCUT2D eigenvalue weighted by Crippen LogP contribution is -1.90. The Balaban J connectivity index is 1.96. The van der Waals surface area contributed by atoms with Crippen molar-refractivity contribution in [3.63, 3.8) is 0 Å². The van der Waals surface area contributed by atoms with E-state index in [0.717, 1.165) is 39.7 Å². The first kappa shape index (κ1) is 15.2. The molecule has 2 heteroatoms. The van der Waals surface area contributed by atoms with Crippen LogP contribution < -0.4 is 0 Å². The third kappa shape index (κ3) is 3.21. The van der Waals surface area contributed by atoms with Crippen molar-refractivity contribution in [2.45, 2.75) is 20.3 Å². The Bertz CT molecular complexity index is 874. The Hall–Kier alpha value is -2.74. The molecule has 23 heavy (non-hydrogen) atoms. The Kier molecular flexibility index (Phi) is 4.33. The summed E-state index contributed by atoms with van der Waals surface area (Å²) in [5.74, 6) is 0. The standard InChI is InChI=1S/C21H20N2/c1-4-5-6-15(2)17-7-9-18(10-8-17)21-13-16(3)19-14-22-12-11-20(19)23-21/h5-14H,2,4H2,1,3H3. The van der Waals surface area contributed by atoms with Crippen molar-refractivity contribution in [2.24, 2.45) is 0 Å². The minimum absolute atomic E-state index is 0.981. The molecule has 2 nitrogen and oxygen atoms in total. The summed E-state index contributed by atoms with van der Waals surface area (Å²) in [5, 5.41) is 1.10. The van der Waals surface area contributed by atoms with E-state index in [-0.39, 0.29) is 0 Å². The molecular weight excluding hydrogens is 280 g/mol. The molecule has 2 aromatic heterocycles. The van der Waals surface area contributed by atoms with E-state index >= 15 is 0 Å². The molecule has 0 aliphatic heterocycles. The van der Waals surface area contributed by atoms with Crippen molar-refractivity contribution in [1.29, 1.82) is 0 Å². The van der Waals surface area contributed by atoms with Crippen LogP contribution in [0, 0.1) is 6.92 Å². The van der Waals surface area contributed by atoms with Crippen LogP contribution in [0.5, 0.6) is 0 Å². The van der Waals surface area contributed by atoms with Crippen LogP contribution in [0.1, 0.15) is 24.5 Å². The van der Waals surface area contributed by atoms with Gasteiger partial charge in [-0.2, -0.15) is 0 Å². The van der Waals surface area contributed by atoms with Gasteiger partial charge >= 0.3 is 0 Å². The quantitative estimate of drug-likeness (QED) is 0.587. The third-order valence-corrected chi connectivity index (χ3v) is 3.92. The van der Waals surface area contributed by atoms with Crippen LogP contribution in [0.25, 0.3) is 27.7 Å². The molecule has 0 atom stereocenters. The van der Waals surface area contributed by atoms with Gasteiger partial charge in [-0.3, -0.25) is 4.98 Å². The first-order valence-corrected chi connectivity index (χ1v) is 7.86. The highest BCUT2D eigenvalue weighted by Gasteiger charge is 2.05. The molecule has 0 bridgehead atoms. The van der Waals surface area contributed by atoms with Crippen LogP contribution >= 0.6 is 0 Å². The Morgan fingerprint density at radius 3 is 2.70 bits per heavy atom. The van der Waals surface area contributed by atoms with Crippen molar-refractivity contribution in [2.75, 3.05) is 0 Å². The van der Waals surface area contributed by atoms with Crippen molar-refractivity contribution >= 4 is 16.5 Å². The summed E-state index contributed by atoms with van der Waals surface area (Å²) in [6, 6.07) is 12.5. The lowest BCUT2D eigenvalue weighted by Gasteiger charge is -2.07. The lowest BCUT2D eigenvalue weighted by molar-refractivity contribution is 1.23. The normalized spacial score (nSPS) is 11.2. The predicted molar refractivity (Wildman–Crippen MR) is 98.2 cm³/mol. The van der Waals surface area contributed by atoms with E-state index in [1.807, 2.05) is 12.3 Å². The monoisotopic (exact) mass is 300 g/mol. The second-order valence-electron chi connectivity index (χ2n) is 5.63. The van der Waals surface area contributed by atoms with Crippen LogP contribution in [0.15, 0.2) is 67.5 Å². The fourth-order valence-electron chi connectivity index (χ4n) is 2.59. The molecular formula is C21H20N2. The van der Waals surface area contributed by atoms with Gasteiger partial charge in [0.05, 0.1) is 11.2 Å². The zero-order valence-electron chi connectivity index (χ0n) is 13.6. The van der Waals surface area contributed by atoms with Gasteiger partial charge in [-0.15, -0.1) is 0 Å². The number of pyridine rings is 2. The van der Waals surface area contributed by atoms with E-state index in [1.54, 1.807) is 6.20 Å². The molecule has 3 aromatic rings. The molecule has 0 aliphatic rings. The number of hydrogen-bond acceptors (Lipinski definition) is 2. The molecule has 0 saturated carbocycles. The zero-order chi connectivity index (χ0) is 16.2. The SMILES string of the molecule is C=C(C=CCC)c1ccc(-c2cc(C)c3cnccc3n2)cc1. The summed E-state index contributed by atoms with van der Waals surface area (Å²) in [6.45, 7) is 8.33. The van der Waals surface area contributed by atoms with Crippen LogP contribution in [0.2, 0.25) is 0 Å². The van der Waals surface area contributed by atoms with Gasteiger partial charge < -0.3 is 0 Å². The van der Waals surface area contributed by atoms with Gasteiger partial charge in [-0.25, -0.2) is 4.98 Å². The minimum Gasteiger partial charge on any atom is -0.264 e. The molecule has 0 fully saturated rings. The maximum Gasteiger partial charge on any atom is 0.0742 e. The van der Waals surface area contributed by atoms with Gasteiger partial charge in [0.1, 0.15) is 0 Å². The Morgan fingerprint density at radius 1 is 1.17 bits per heavy atom. The molecule has 0 saturated heterocycles. The molecule has 1 aromatic carbocycles. The van der Waals surface area contributed by atoms with E-state index in [2.05, 4.69) is 67.9 Å². The summed E-state index contributed by atoms with van der Waals surface area (Å²) in [7, 11) is 0. The smallest absolute Gasteiger partial charge is 0.0742 e. The second kappa shape index (κ2) is 6.57. The van der Waals surface area contributed by atoms with Gasteiger partial charge in [-0.05, 0) is 42.2 Å². The summed E-state index contributed by atoms with van der Waals surface area (Å²) in [4.78, 5) is 8.93. The van der Waals surface area contributed by atoms with Crippen molar-refractivity contribution in [3.05, 3.63) is 78.6 Å². The second-order valence-corrected chi connectivity index (χ2v) is 5.63. The molecule has 0 N–H and O–H groups in total. The highest BCUT2D eigenvalue weighted by atomic mass is 14.7. The van der Waals surface area contributed by atoms with Gasteiger partial charge in [0.25, 0.3) is 0 Å². The van der Waals surface area contributed by atoms with E-state index in [9.17, 15) is 0 Å². The van der Waals surface area contributed by atoms with Crippen LogP contribution in [0.3, 0.4) is 0 Å². The predicted octanol–water partition coefficient (Wildman–Crippen LogP) is 5.58. The fraction of sp³-hybridized carbons (Fsp3) is 0.143. The molecule has 0 aliphatic carbocycles. The number of allylic oxidation sites excluding steroid dienone is 3. The largest absolute Gasteiger partial charge is 0.264 e. The Morgan fingerprint density at radius 2 is 1.96 bits per heavy atom. The third-order valence-electron chi connectivity index (χ3n) is 3.92. The van der Waals surface area contributed by atoms with E-state index in [0.29, 0.717) is 0 Å². The number of benzene rings is 1. The molecule has 0 spiro atoms. The highest BCUT2D eigenvalue weighted by Crippen LogP contribution is 2.25. The van der Waals surface area contributed by atoms with Crippen molar-refractivity contribution in [1.82, 2.24) is 9.97 Å². The molecule has 3 rings (SSSR count). The number of aryl methyl sites for hydroxylation is 1. The highest BCUT2D eigenvalue weighted by molar-refractivity contribution is 5.84. The van der Waals surface area contributed by atoms with Gasteiger partial charge in [0.2, 0.25) is 0 Å². The fourth-order valence-corrected chi connectivity index (χ4v) is 2.59. The lowest BCUT2D eigenvalue weighted by atomic mass is 10.0. The minimum atomic E-state index is 0.981. The number of fused-ring (bicyclic) bond motifs is 1. The van der Waals surface area contributed by atoms with Crippen LogP contribution in [0.4, 0.5) is 0 Å². The van der Waals surface area contributed by atoms with Gasteiger partial charge in [0.15, 0.2) is 0 Å². The van der Waals surface area contributed by atoms with Crippen LogP contribution in [-0.2, 0) is 0 Å². The zero-order valence-corrected chi connectivity index (χ0v) is 13.6. The van der Waals surface area contributed by atoms with Crippen molar-refractivity contribution < 1.29 is 0 Å². The topological polar surface area (TPSA) is 25.8 Å². The maximum absolute atomic E-state index is 4.75. The first-order valence-electron chi connectivity index (χ1n) is 7.86. The summed E-state index contributed by atoms with van der Waals surface area (Å²) in [6.07, 6.45) is 8.87. The average molecular weight is 300 g/mol. The number of rotatable bonds is 4. The number of nitrogens with zero attached hydrogens (tertiary/aromatic N) is 2. The summed E-state index contributed by atoms with van der Waals surface area (Å²) < 4.78 is 0. The molecule has 0 amide bonds. The average Bonchev–Trinajstić information content (AvgIpc) is 2.60. The van der Waals surface area contributed by atoms with E-state index in [1.165, 1.54) is 5.56 Å². The number of aromatic nitrogens is 2. The first-order chi connectivity index (χ1) is 11.2. The van der Waals surface area contributed by atoms with Gasteiger partial charge in [0, 0.05) is 23.3 Å². The molecule has 2 heterocycles. The van der Waals surface area contributed by atoms with Crippen LogP contribution in [-0.4, -0.2) is 9.97 Å². The molecule has 114 valence electrons. The van der Waals surface area contributed by atoms with Gasteiger partial charge in [-0.1, -0.05) is 49.9 Å². The van der Waals surface area contributed by atoms with E-state index in [4.69, 9.17) is 4.98 Å². The van der Waals surface area contributed by atoms with E-state index < -0.39 is 0 Å². The molecule has 0 radical (unpaired) electrons. The summed E-state index contributed by atoms with van der Waals surface area (Å²) >= 11 is 0. The maximum atomic E-state index is 4.75.